The highest BCUT2D eigenvalue weighted by Crippen LogP contribution is 2.34. The van der Waals surface area contributed by atoms with Gasteiger partial charge >= 0.3 is 0 Å². The Morgan fingerprint density at radius 1 is 1.20 bits per heavy atom. The summed E-state index contributed by atoms with van der Waals surface area (Å²) in [6.45, 7) is 1.71. The molecule has 8 nitrogen and oxygen atoms in total. The van der Waals surface area contributed by atoms with Crippen LogP contribution >= 0.6 is 23.8 Å². The Morgan fingerprint density at radius 3 is 2.50 bits per heavy atom. The van der Waals surface area contributed by atoms with Gasteiger partial charge in [-0.1, -0.05) is 11.6 Å². The number of piperidine rings is 1. The van der Waals surface area contributed by atoms with Crippen LogP contribution in [0.2, 0.25) is 5.02 Å². The Hall–Kier alpha value is -2.91. The van der Waals surface area contributed by atoms with E-state index >= 15 is 0 Å². The van der Waals surface area contributed by atoms with Crippen LogP contribution in [0, 0.1) is 14.9 Å². The van der Waals surface area contributed by atoms with Crippen LogP contribution < -0.4 is 9.64 Å². The molecule has 0 unspecified atom stereocenters. The van der Waals surface area contributed by atoms with E-state index in [1.807, 2.05) is 22.8 Å². The lowest BCUT2D eigenvalue weighted by Crippen LogP contribution is -2.33. The summed E-state index contributed by atoms with van der Waals surface area (Å²) in [7, 11) is 1.61. The first-order chi connectivity index (χ1) is 14.5. The van der Waals surface area contributed by atoms with Gasteiger partial charge in [0.25, 0.3) is 5.69 Å². The highest BCUT2D eigenvalue weighted by Gasteiger charge is 2.26. The van der Waals surface area contributed by atoms with Crippen LogP contribution in [0.1, 0.15) is 24.6 Å². The molecular weight excluding hydrogens is 426 g/mol. The number of halogens is 1. The van der Waals surface area contributed by atoms with Crippen LogP contribution in [-0.4, -0.2) is 39.9 Å². The number of nitro benzene ring substituents is 1. The molecule has 0 aliphatic carbocycles. The predicted octanol–water partition coefficient (Wildman–Crippen LogP) is 4.88. The van der Waals surface area contributed by atoms with Gasteiger partial charge in [0.05, 0.1) is 22.7 Å². The zero-order valence-corrected chi connectivity index (χ0v) is 17.8. The zero-order valence-electron chi connectivity index (χ0n) is 16.2. The second-order valence-corrected chi connectivity index (χ2v) is 7.87. The van der Waals surface area contributed by atoms with Gasteiger partial charge in [-0.05, 0) is 49.3 Å². The lowest BCUT2D eigenvalue weighted by atomic mass is 9.95. The molecule has 0 radical (unpaired) electrons. The Labute approximate surface area is 183 Å². The summed E-state index contributed by atoms with van der Waals surface area (Å²) in [4.78, 5) is 12.8. The fourth-order valence-electron chi connectivity index (χ4n) is 3.80. The highest BCUT2D eigenvalue weighted by atomic mass is 35.5. The number of aromatic amines is 1. The smallest absolute Gasteiger partial charge is 0.269 e. The Balaban J connectivity index is 1.53. The summed E-state index contributed by atoms with van der Waals surface area (Å²) in [5, 5.41) is 18.9. The van der Waals surface area contributed by atoms with Crippen LogP contribution in [0.25, 0.3) is 5.69 Å². The number of nitrogens with zero attached hydrogens (tertiary/aromatic N) is 4. The first-order valence-electron chi connectivity index (χ1n) is 9.48. The minimum atomic E-state index is -0.416. The number of hydrogen-bond acceptors (Lipinski definition) is 6. The minimum absolute atomic E-state index is 0.0435. The van der Waals surface area contributed by atoms with Crippen molar-refractivity contribution < 1.29 is 9.66 Å². The van der Waals surface area contributed by atoms with E-state index in [9.17, 15) is 10.1 Å². The third kappa shape index (κ3) is 3.90. The molecule has 0 bridgehead atoms. The van der Waals surface area contributed by atoms with Crippen LogP contribution in [-0.2, 0) is 0 Å². The van der Waals surface area contributed by atoms with Crippen molar-refractivity contribution in [2.45, 2.75) is 18.8 Å². The third-order valence-electron chi connectivity index (χ3n) is 5.38. The standard InChI is InChI=1S/C20H20ClN5O3S/c1-29-18-12-16(6-7-17(18)21)24-10-8-13(9-11-24)19-22-23-20(30)25(19)14-2-4-15(5-3-14)26(27)28/h2-7,12-13H,8-11H2,1H3,(H,23,30). The number of non-ortho nitro benzene ring substituents is 1. The van der Waals surface area contributed by atoms with Crippen molar-refractivity contribution in [2.24, 2.45) is 0 Å². The van der Waals surface area contributed by atoms with Gasteiger partial charge in [0, 0.05) is 42.9 Å². The SMILES string of the molecule is COc1cc(N2CCC(c3n[nH]c(=S)n3-c3ccc([N+](=O)[O-])cc3)CC2)ccc1Cl. The third-order valence-corrected chi connectivity index (χ3v) is 5.96. The summed E-state index contributed by atoms with van der Waals surface area (Å²) in [6, 6.07) is 12.1. The maximum Gasteiger partial charge on any atom is 0.269 e. The number of aromatic nitrogens is 3. The number of methoxy groups -OCH3 is 1. The number of H-pyrrole nitrogens is 1. The summed E-state index contributed by atoms with van der Waals surface area (Å²) in [6.07, 6.45) is 1.80. The highest BCUT2D eigenvalue weighted by molar-refractivity contribution is 7.71. The second kappa shape index (κ2) is 8.45. The van der Waals surface area contributed by atoms with Crippen molar-refractivity contribution in [1.29, 1.82) is 0 Å². The summed E-state index contributed by atoms with van der Waals surface area (Å²) >= 11 is 11.6. The molecular formula is C20H20ClN5O3S. The van der Waals surface area contributed by atoms with E-state index in [1.54, 1.807) is 19.2 Å². The van der Waals surface area contributed by atoms with E-state index in [1.165, 1.54) is 12.1 Å². The number of anilines is 1. The normalized spacial score (nSPS) is 14.7. The van der Waals surface area contributed by atoms with E-state index in [0.29, 0.717) is 15.5 Å². The van der Waals surface area contributed by atoms with E-state index in [2.05, 4.69) is 15.1 Å². The molecule has 156 valence electrons. The second-order valence-electron chi connectivity index (χ2n) is 7.08. The average molecular weight is 446 g/mol. The lowest BCUT2D eigenvalue weighted by molar-refractivity contribution is -0.384. The first kappa shape index (κ1) is 20.4. The average Bonchev–Trinajstić information content (AvgIpc) is 3.15. The Bertz CT molecular complexity index is 1120. The number of nitrogens with one attached hydrogen (secondary N) is 1. The van der Waals surface area contributed by atoms with Crippen molar-refractivity contribution in [2.75, 3.05) is 25.1 Å². The molecule has 0 atom stereocenters. The molecule has 0 saturated carbocycles. The van der Waals surface area contributed by atoms with Crippen LogP contribution in [0.4, 0.5) is 11.4 Å². The van der Waals surface area contributed by atoms with Gasteiger partial charge in [0.15, 0.2) is 4.77 Å². The summed E-state index contributed by atoms with van der Waals surface area (Å²) in [5.41, 5.74) is 1.88. The Kier molecular flexibility index (Phi) is 5.74. The van der Waals surface area contributed by atoms with Gasteiger partial charge < -0.3 is 9.64 Å². The van der Waals surface area contributed by atoms with Crippen LogP contribution in [0.5, 0.6) is 5.75 Å². The largest absolute Gasteiger partial charge is 0.495 e. The van der Waals surface area contributed by atoms with Gasteiger partial charge in [-0.15, -0.1) is 0 Å². The molecule has 0 spiro atoms. The van der Waals surface area contributed by atoms with Crippen LogP contribution in [0.3, 0.4) is 0 Å². The molecule has 10 heteroatoms. The molecule has 1 fully saturated rings. The molecule has 1 aliphatic heterocycles. The van der Waals surface area contributed by atoms with Gasteiger partial charge in [0.2, 0.25) is 0 Å². The topological polar surface area (TPSA) is 89.2 Å². The van der Waals surface area contributed by atoms with E-state index in [-0.39, 0.29) is 11.6 Å². The maximum atomic E-state index is 10.9. The fourth-order valence-corrected chi connectivity index (χ4v) is 4.24. The first-order valence-corrected chi connectivity index (χ1v) is 10.3. The lowest BCUT2D eigenvalue weighted by Gasteiger charge is -2.33. The number of nitro groups is 1. The number of hydrogen-bond donors (Lipinski definition) is 1. The van der Waals surface area contributed by atoms with E-state index < -0.39 is 4.92 Å². The molecule has 2 heterocycles. The summed E-state index contributed by atoms with van der Waals surface area (Å²) < 4.78 is 7.67. The molecule has 1 aromatic heterocycles. The van der Waals surface area contributed by atoms with Crippen molar-refractivity contribution in [3.8, 4) is 11.4 Å². The number of benzene rings is 2. The zero-order chi connectivity index (χ0) is 21.3. The molecule has 1 N–H and O–H groups in total. The monoisotopic (exact) mass is 445 g/mol. The summed E-state index contributed by atoms with van der Waals surface area (Å²) in [5.74, 6) is 1.73. The van der Waals surface area contributed by atoms with Gasteiger partial charge in [-0.25, -0.2) is 0 Å². The molecule has 1 aliphatic rings. The van der Waals surface area contributed by atoms with Gasteiger partial charge in [-0.2, -0.15) is 5.10 Å². The van der Waals surface area contributed by atoms with Gasteiger partial charge in [-0.3, -0.25) is 19.8 Å². The fraction of sp³-hybridized carbons (Fsp3) is 0.300. The maximum absolute atomic E-state index is 10.9. The van der Waals surface area contributed by atoms with Crippen LogP contribution in [0.15, 0.2) is 42.5 Å². The molecule has 1 saturated heterocycles. The van der Waals surface area contributed by atoms with Crippen molar-refractivity contribution in [3.63, 3.8) is 0 Å². The van der Waals surface area contributed by atoms with Crippen molar-refractivity contribution >= 4 is 35.2 Å². The molecule has 3 aromatic rings. The predicted molar refractivity (Wildman–Crippen MR) is 118 cm³/mol. The quantitative estimate of drug-likeness (QED) is 0.342. The Morgan fingerprint density at radius 2 is 1.87 bits per heavy atom. The van der Waals surface area contributed by atoms with Crippen molar-refractivity contribution in [1.82, 2.24) is 14.8 Å². The van der Waals surface area contributed by atoms with E-state index in [0.717, 1.165) is 43.1 Å². The number of rotatable bonds is 5. The minimum Gasteiger partial charge on any atom is -0.495 e. The molecule has 30 heavy (non-hydrogen) atoms. The van der Waals surface area contributed by atoms with Crippen molar-refractivity contribution in [3.05, 3.63) is 68.2 Å². The molecule has 0 amide bonds. The molecule has 4 rings (SSSR count). The van der Waals surface area contributed by atoms with Gasteiger partial charge in [0.1, 0.15) is 11.6 Å². The van der Waals surface area contributed by atoms with E-state index in [4.69, 9.17) is 28.6 Å². The molecule has 2 aromatic carbocycles. The number of ether oxygens (including phenoxy) is 1.